The van der Waals surface area contributed by atoms with E-state index in [4.69, 9.17) is 4.74 Å². The first-order valence-corrected chi connectivity index (χ1v) is 8.70. The molecule has 1 aromatic carbocycles. The fourth-order valence-corrected chi connectivity index (χ4v) is 2.94. The van der Waals surface area contributed by atoms with Gasteiger partial charge in [0.2, 0.25) is 5.78 Å². The second kappa shape index (κ2) is 6.64. The van der Waals surface area contributed by atoms with Gasteiger partial charge in [-0.05, 0) is 38.3 Å². The highest BCUT2D eigenvalue weighted by Gasteiger charge is 2.26. The molecule has 0 amide bonds. The summed E-state index contributed by atoms with van der Waals surface area (Å²) in [5.74, 6) is -0.254. The molecule has 2 aromatic heterocycles. The molecule has 0 aliphatic carbocycles. The van der Waals surface area contributed by atoms with E-state index in [2.05, 4.69) is 5.10 Å². The van der Waals surface area contributed by atoms with Crippen molar-refractivity contribution in [3.05, 3.63) is 64.5 Å². The first-order chi connectivity index (χ1) is 11.8. The monoisotopic (exact) mass is 354 g/mol. The van der Waals surface area contributed by atoms with Crippen molar-refractivity contribution in [3.8, 4) is 11.3 Å². The van der Waals surface area contributed by atoms with Crippen LogP contribution in [0.2, 0.25) is 0 Å². The molecule has 5 nitrogen and oxygen atoms in total. The Bertz CT molecular complexity index is 891. The number of rotatable bonds is 3. The summed E-state index contributed by atoms with van der Waals surface area (Å²) in [7, 11) is 0. The van der Waals surface area contributed by atoms with Crippen LogP contribution in [-0.2, 0) is 4.74 Å². The standard InChI is InChI=1S/C19H18N2O3S/c1-19(2,3)24-18(23)21-15(17(22)16-10-7-11-25-16)12-14(20-21)13-8-5-4-6-9-13/h4-12H,1-3H3. The molecule has 0 spiro atoms. The number of ether oxygens (including phenoxy) is 1. The minimum atomic E-state index is -0.681. The quantitative estimate of drug-likeness (QED) is 0.644. The summed E-state index contributed by atoms with van der Waals surface area (Å²) in [6.07, 6.45) is -0.672. The summed E-state index contributed by atoms with van der Waals surface area (Å²) in [5, 5.41) is 6.14. The van der Waals surface area contributed by atoms with Crippen LogP contribution in [0.1, 0.15) is 36.1 Å². The van der Waals surface area contributed by atoms with Crippen molar-refractivity contribution in [3.63, 3.8) is 0 Å². The Kier molecular flexibility index (Phi) is 4.55. The number of carbonyl (C=O) groups is 2. The van der Waals surface area contributed by atoms with Crippen LogP contribution in [0.15, 0.2) is 53.9 Å². The highest BCUT2D eigenvalue weighted by Crippen LogP contribution is 2.23. The van der Waals surface area contributed by atoms with E-state index in [1.165, 1.54) is 11.3 Å². The van der Waals surface area contributed by atoms with Crippen LogP contribution in [0, 0.1) is 0 Å². The fraction of sp³-hybridized carbons (Fsp3) is 0.211. The van der Waals surface area contributed by atoms with Crippen molar-refractivity contribution in [2.45, 2.75) is 26.4 Å². The highest BCUT2D eigenvalue weighted by atomic mass is 32.1. The van der Waals surface area contributed by atoms with Gasteiger partial charge in [0.1, 0.15) is 11.3 Å². The minimum Gasteiger partial charge on any atom is -0.442 e. The predicted octanol–water partition coefficient (Wildman–Crippen LogP) is 4.63. The number of nitrogens with zero attached hydrogens (tertiary/aromatic N) is 2. The second-order valence-corrected chi connectivity index (χ2v) is 7.43. The number of aromatic nitrogens is 2. The molecule has 0 unspecified atom stereocenters. The lowest BCUT2D eigenvalue weighted by Gasteiger charge is -2.19. The molecule has 3 rings (SSSR count). The molecule has 0 fully saturated rings. The summed E-state index contributed by atoms with van der Waals surface area (Å²) >= 11 is 1.32. The summed E-state index contributed by atoms with van der Waals surface area (Å²) < 4.78 is 6.45. The smallest absolute Gasteiger partial charge is 0.435 e. The van der Waals surface area contributed by atoms with Gasteiger partial charge in [0.15, 0.2) is 0 Å². The number of thiophene rings is 1. The maximum atomic E-state index is 12.8. The Labute approximate surface area is 149 Å². The van der Waals surface area contributed by atoms with Gasteiger partial charge in [0.05, 0.1) is 10.6 Å². The van der Waals surface area contributed by atoms with E-state index in [-0.39, 0.29) is 11.5 Å². The van der Waals surface area contributed by atoms with Crippen molar-refractivity contribution < 1.29 is 14.3 Å². The molecule has 128 valence electrons. The van der Waals surface area contributed by atoms with E-state index in [1.54, 1.807) is 39.0 Å². The highest BCUT2D eigenvalue weighted by molar-refractivity contribution is 7.12. The molecule has 2 heterocycles. The SMILES string of the molecule is CC(C)(C)OC(=O)n1nc(-c2ccccc2)cc1C(=O)c1cccs1. The zero-order valence-electron chi connectivity index (χ0n) is 14.2. The lowest BCUT2D eigenvalue weighted by Crippen LogP contribution is -2.29. The van der Waals surface area contributed by atoms with E-state index in [9.17, 15) is 9.59 Å². The molecule has 0 aliphatic heterocycles. The van der Waals surface area contributed by atoms with Crippen LogP contribution in [0.5, 0.6) is 0 Å². The Hall–Kier alpha value is -2.73. The maximum absolute atomic E-state index is 12.8. The number of carbonyl (C=O) groups excluding carboxylic acids is 2. The Morgan fingerprint density at radius 3 is 2.40 bits per heavy atom. The number of benzene rings is 1. The molecular weight excluding hydrogens is 336 g/mol. The van der Waals surface area contributed by atoms with Crippen molar-refractivity contribution >= 4 is 23.2 Å². The van der Waals surface area contributed by atoms with Crippen molar-refractivity contribution in [2.75, 3.05) is 0 Å². The lowest BCUT2D eigenvalue weighted by molar-refractivity contribution is 0.0506. The average Bonchev–Trinajstić information content (AvgIpc) is 3.23. The minimum absolute atomic E-state index is 0.190. The maximum Gasteiger partial charge on any atom is 0.435 e. The van der Waals surface area contributed by atoms with Gasteiger partial charge >= 0.3 is 6.09 Å². The molecule has 0 bridgehead atoms. The van der Waals surface area contributed by atoms with E-state index < -0.39 is 11.7 Å². The van der Waals surface area contributed by atoms with Gasteiger partial charge in [-0.25, -0.2) is 4.79 Å². The van der Waals surface area contributed by atoms with Gasteiger partial charge in [-0.1, -0.05) is 36.4 Å². The molecule has 3 aromatic rings. The van der Waals surface area contributed by atoms with Gasteiger partial charge < -0.3 is 4.74 Å². The third-order valence-corrected chi connectivity index (χ3v) is 4.19. The first-order valence-electron chi connectivity index (χ1n) is 7.82. The van der Waals surface area contributed by atoms with E-state index in [1.807, 2.05) is 35.7 Å². The molecule has 0 atom stereocenters. The first kappa shape index (κ1) is 17.1. The van der Waals surface area contributed by atoms with Gasteiger partial charge in [-0.2, -0.15) is 9.78 Å². The van der Waals surface area contributed by atoms with Crippen LogP contribution in [0.3, 0.4) is 0 Å². The van der Waals surface area contributed by atoms with Crippen molar-refractivity contribution in [2.24, 2.45) is 0 Å². The van der Waals surface area contributed by atoms with Gasteiger partial charge in [-0.3, -0.25) is 4.79 Å². The molecule has 6 heteroatoms. The van der Waals surface area contributed by atoms with Crippen molar-refractivity contribution in [1.82, 2.24) is 9.78 Å². The second-order valence-electron chi connectivity index (χ2n) is 6.48. The van der Waals surface area contributed by atoms with Crippen LogP contribution in [-0.4, -0.2) is 27.3 Å². The molecule has 25 heavy (non-hydrogen) atoms. The normalized spacial score (nSPS) is 11.3. The zero-order valence-corrected chi connectivity index (χ0v) is 15.0. The number of hydrogen-bond acceptors (Lipinski definition) is 5. The third kappa shape index (κ3) is 3.85. The van der Waals surface area contributed by atoms with Gasteiger partial charge in [-0.15, -0.1) is 11.3 Å². The zero-order chi connectivity index (χ0) is 18.0. The van der Waals surface area contributed by atoms with Gasteiger partial charge in [0, 0.05) is 5.56 Å². The fourth-order valence-electron chi connectivity index (χ4n) is 2.27. The van der Waals surface area contributed by atoms with E-state index in [0.29, 0.717) is 10.6 Å². The van der Waals surface area contributed by atoms with E-state index >= 15 is 0 Å². The summed E-state index contributed by atoms with van der Waals surface area (Å²) in [5.41, 5.74) is 0.881. The van der Waals surface area contributed by atoms with Crippen LogP contribution in [0.4, 0.5) is 4.79 Å². The molecule has 0 N–H and O–H groups in total. The topological polar surface area (TPSA) is 61.2 Å². The lowest BCUT2D eigenvalue weighted by atomic mass is 10.1. The Morgan fingerprint density at radius 1 is 1.08 bits per heavy atom. The summed E-state index contributed by atoms with van der Waals surface area (Å²) in [4.78, 5) is 25.9. The van der Waals surface area contributed by atoms with E-state index in [0.717, 1.165) is 10.2 Å². The summed E-state index contributed by atoms with van der Waals surface area (Å²) in [6, 6.07) is 14.5. The van der Waals surface area contributed by atoms with Crippen LogP contribution < -0.4 is 0 Å². The molecule has 0 saturated carbocycles. The van der Waals surface area contributed by atoms with Crippen molar-refractivity contribution in [1.29, 1.82) is 0 Å². The van der Waals surface area contributed by atoms with Gasteiger partial charge in [0.25, 0.3) is 0 Å². The average molecular weight is 354 g/mol. The summed E-state index contributed by atoms with van der Waals surface area (Å²) in [6.45, 7) is 5.31. The predicted molar refractivity (Wildman–Crippen MR) is 97.0 cm³/mol. The molecule has 0 radical (unpaired) electrons. The third-order valence-electron chi connectivity index (χ3n) is 3.32. The van der Waals surface area contributed by atoms with Crippen LogP contribution >= 0.6 is 11.3 Å². The van der Waals surface area contributed by atoms with Crippen LogP contribution in [0.25, 0.3) is 11.3 Å². The molecular formula is C19H18N2O3S. The molecule has 0 saturated heterocycles. The Balaban J connectivity index is 2.06. The Morgan fingerprint density at radius 2 is 1.80 bits per heavy atom. The number of ketones is 1. The number of hydrogen-bond donors (Lipinski definition) is 0. The molecule has 0 aliphatic rings. The largest absolute Gasteiger partial charge is 0.442 e.